The Morgan fingerprint density at radius 1 is 1.23 bits per heavy atom. The van der Waals surface area contributed by atoms with E-state index in [1.165, 1.54) is 18.3 Å². The van der Waals surface area contributed by atoms with Crippen LogP contribution in [0.15, 0.2) is 41.9 Å². The largest absolute Gasteiger partial charge is 0.485 e. The van der Waals surface area contributed by atoms with Gasteiger partial charge >= 0.3 is 0 Å². The number of hydrogen-bond donors (Lipinski definition) is 1. The van der Waals surface area contributed by atoms with E-state index in [9.17, 15) is 14.4 Å². The molecule has 0 unspecified atom stereocenters. The van der Waals surface area contributed by atoms with E-state index in [-0.39, 0.29) is 24.2 Å². The molecule has 1 atom stereocenters. The van der Waals surface area contributed by atoms with Crippen molar-refractivity contribution in [2.24, 2.45) is 0 Å². The summed E-state index contributed by atoms with van der Waals surface area (Å²) in [7, 11) is 0. The Morgan fingerprint density at radius 3 is 2.80 bits per heavy atom. The van der Waals surface area contributed by atoms with Gasteiger partial charge in [0.15, 0.2) is 17.3 Å². The Bertz CT molecular complexity index is 1320. The molecular formula is C26H25N3O5S. The molecule has 0 fully saturated rings. The second kappa shape index (κ2) is 9.50. The summed E-state index contributed by atoms with van der Waals surface area (Å²) in [4.78, 5) is 44.2. The van der Waals surface area contributed by atoms with E-state index in [1.807, 2.05) is 25.1 Å². The lowest BCUT2D eigenvalue weighted by molar-refractivity contribution is -0.142. The van der Waals surface area contributed by atoms with Gasteiger partial charge in [0.25, 0.3) is 11.8 Å². The topological polar surface area (TPSA) is 97.8 Å². The van der Waals surface area contributed by atoms with Gasteiger partial charge in [0, 0.05) is 36.9 Å². The molecule has 8 nitrogen and oxygen atoms in total. The molecule has 0 aliphatic carbocycles. The number of carbonyl (C=O) groups excluding carboxylic acids is 3. The van der Waals surface area contributed by atoms with Crippen molar-refractivity contribution in [1.82, 2.24) is 15.2 Å². The molecule has 9 heteroatoms. The maximum atomic E-state index is 13.2. The van der Waals surface area contributed by atoms with Crippen molar-refractivity contribution < 1.29 is 23.9 Å². The molecule has 2 amide bonds. The monoisotopic (exact) mass is 491 g/mol. The Labute approximate surface area is 206 Å². The highest BCUT2D eigenvalue weighted by atomic mass is 32.1. The maximum absolute atomic E-state index is 13.2. The first-order chi connectivity index (χ1) is 16.9. The van der Waals surface area contributed by atoms with Crippen molar-refractivity contribution in [3.63, 3.8) is 0 Å². The molecule has 4 heterocycles. The molecule has 1 aromatic carbocycles. The number of fused-ring (bicyclic) bond motifs is 2. The van der Waals surface area contributed by atoms with Crippen LogP contribution in [0.1, 0.15) is 49.3 Å². The van der Waals surface area contributed by atoms with Crippen LogP contribution < -0.4 is 14.8 Å². The summed E-state index contributed by atoms with van der Waals surface area (Å²) in [5.41, 5.74) is 4.37. The lowest BCUT2D eigenvalue weighted by Gasteiger charge is -2.34. The average molecular weight is 492 g/mol. The SMILES string of the molecule is CC(=O)c1cc(C(=O)NCc2c(C)ncc3c2CCN(C(=O)[C@H]2COc4ccccc4O2)C3)cs1. The average Bonchev–Trinajstić information content (AvgIpc) is 3.38. The quantitative estimate of drug-likeness (QED) is 0.550. The summed E-state index contributed by atoms with van der Waals surface area (Å²) in [6.07, 6.45) is 1.78. The minimum atomic E-state index is -0.686. The van der Waals surface area contributed by atoms with Crippen LogP contribution >= 0.6 is 11.3 Å². The van der Waals surface area contributed by atoms with E-state index in [2.05, 4.69) is 10.3 Å². The molecular weight excluding hydrogens is 466 g/mol. The van der Waals surface area contributed by atoms with E-state index in [4.69, 9.17) is 9.47 Å². The third kappa shape index (κ3) is 4.64. The number of carbonyl (C=O) groups is 3. The van der Waals surface area contributed by atoms with Gasteiger partial charge in [-0.1, -0.05) is 12.1 Å². The smallest absolute Gasteiger partial charge is 0.267 e. The second-order valence-corrected chi connectivity index (χ2v) is 9.55. The highest BCUT2D eigenvalue weighted by Crippen LogP contribution is 2.32. The standard InChI is InChI=1S/C26H25N3O5S/c1-15-20(11-28-25(31)17-9-24(16(2)30)35-14-17)19-7-8-29(12-18(19)10-27-15)26(32)23-13-33-21-5-3-4-6-22(21)34-23/h3-6,9-10,14,23H,7-8,11-13H2,1-2H3,(H,28,31)/t23-/m1/s1. The van der Waals surface area contributed by atoms with Gasteiger partial charge in [-0.05, 0) is 55.2 Å². The zero-order chi connectivity index (χ0) is 24.5. The van der Waals surface area contributed by atoms with Crippen molar-refractivity contribution in [3.8, 4) is 11.5 Å². The number of para-hydroxylation sites is 2. The van der Waals surface area contributed by atoms with Crippen molar-refractivity contribution in [3.05, 3.63) is 74.7 Å². The van der Waals surface area contributed by atoms with Gasteiger partial charge in [-0.15, -0.1) is 11.3 Å². The molecule has 2 aliphatic rings. The Kier molecular flexibility index (Phi) is 6.25. The summed E-state index contributed by atoms with van der Waals surface area (Å²) in [5.74, 6) is 0.824. The molecule has 0 radical (unpaired) electrons. The van der Waals surface area contributed by atoms with Crippen LogP contribution in [0.25, 0.3) is 0 Å². The lowest BCUT2D eigenvalue weighted by Crippen LogP contribution is -2.48. The number of nitrogens with one attached hydrogen (secondary N) is 1. The fraction of sp³-hybridized carbons (Fsp3) is 0.308. The van der Waals surface area contributed by atoms with Crippen LogP contribution in [0, 0.1) is 6.92 Å². The molecule has 5 rings (SSSR count). The molecule has 0 saturated carbocycles. The minimum absolute atomic E-state index is 0.0558. The zero-order valence-electron chi connectivity index (χ0n) is 19.5. The predicted molar refractivity (Wildman–Crippen MR) is 130 cm³/mol. The van der Waals surface area contributed by atoms with Gasteiger partial charge in [0.1, 0.15) is 6.61 Å². The number of rotatable bonds is 5. The van der Waals surface area contributed by atoms with Gasteiger partial charge in [-0.2, -0.15) is 0 Å². The number of amides is 2. The Balaban J connectivity index is 1.27. The van der Waals surface area contributed by atoms with Crippen molar-refractivity contribution in [2.45, 2.75) is 39.5 Å². The first-order valence-electron chi connectivity index (χ1n) is 11.4. The van der Waals surface area contributed by atoms with Gasteiger partial charge < -0.3 is 19.7 Å². The van der Waals surface area contributed by atoms with E-state index < -0.39 is 6.10 Å². The number of ketones is 1. The third-order valence-corrected chi connectivity index (χ3v) is 7.36. The Hall–Kier alpha value is -3.72. The lowest BCUT2D eigenvalue weighted by atomic mass is 9.94. The summed E-state index contributed by atoms with van der Waals surface area (Å²) in [5, 5.41) is 4.64. The first kappa shape index (κ1) is 23.0. The fourth-order valence-electron chi connectivity index (χ4n) is 4.40. The summed E-state index contributed by atoms with van der Waals surface area (Å²) in [6, 6.07) is 8.95. The van der Waals surface area contributed by atoms with Gasteiger partial charge in [-0.3, -0.25) is 19.4 Å². The van der Waals surface area contributed by atoms with Gasteiger partial charge in [0.2, 0.25) is 6.10 Å². The number of hydrogen-bond acceptors (Lipinski definition) is 7. The summed E-state index contributed by atoms with van der Waals surface area (Å²) < 4.78 is 11.6. The van der Waals surface area contributed by atoms with Crippen LogP contribution in [0.5, 0.6) is 11.5 Å². The third-order valence-electron chi connectivity index (χ3n) is 6.33. The number of Topliss-reactive ketones (excluding diaryl/α,β-unsaturated/α-hetero) is 1. The van der Waals surface area contributed by atoms with Crippen LogP contribution in [-0.4, -0.2) is 46.7 Å². The molecule has 0 bridgehead atoms. The zero-order valence-corrected chi connectivity index (χ0v) is 20.3. The number of thiophene rings is 1. The van der Waals surface area contributed by atoms with Crippen molar-refractivity contribution >= 4 is 28.9 Å². The number of ether oxygens (including phenoxy) is 2. The Morgan fingerprint density at radius 2 is 2.03 bits per heavy atom. The van der Waals surface area contributed by atoms with Crippen molar-refractivity contribution in [2.75, 3.05) is 13.2 Å². The fourth-order valence-corrected chi connectivity index (χ4v) is 5.19. The molecule has 3 aromatic rings. The van der Waals surface area contributed by atoms with E-state index in [0.29, 0.717) is 48.0 Å². The van der Waals surface area contributed by atoms with Crippen LogP contribution in [0.3, 0.4) is 0 Å². The second-order valence-electron chi connectivity index (χ2n) is 8.64. The molecule has 2 aliphatic heterocycles. The highest BCUT2D eigenvalue weighted by molar-refractivity contribution is 7.12. The number of benzene rings is 1. The molecule has 0 spiro atoms. The van der Waals surface area contributed by atoms with Crippen LogP contribution in [-0.2, 0) is 24.3 Å². The van der Waals surface area contributed by atoms with Crippen LogP contribution in [0.2, 0.25) is 0 Å². The number of pyridine rings is 1. The molecule has 180 valence electrons. The molecule has 0 saturated heterocycles. The van der Waals surface area contributed by atoms with E-state index in [1.54, 1.807) is 28.6 Å². The van der Waals surface area contributed by atoms with E-state index in [0.717, 1.165) is 22.4 Å². The van der Waals surface area contributed by atoms with Gasteiger partial charge in [0.05, 0.1) is 10.4 Å². The highest BCUT2D eigenvalue weighted by Gasteiger charge is 2.33. The van der Waals surface area contributed by atoms with Crippen LogP contribution in [0.4, 0.5) is 0 Å². The first-order valence-corrected chi connectivity index (χ1v) is 12.3. The molecule has 35 heavy (non-hydrogen) atoms. The van der Waals surface area contributed by atoms with Crippen molar-refractivity contribution in [1.29, 1.82) is 0 Å². The molecule has 1 N–H and O–H groups in total. The number of nitrogens with zero attached hydrogens (tertiary/aromatic N) is 2. The summed E-state index contributed by atoms with van der Waals surface area (Å²) in [6.45, 7) is 4.88. The van der Waals surface area contributed by atoms with Gasteiger partial charge in [-0.25, -0.2) is 0 Å². The minimum Gasteiger partial charge on any atom is -0.485 e. The normalized spacial score (nSPS) is 16.4. The number of aryl methyl sites for hydroxylation is 1. The number of aromatic nitrogens is 1. The summed E-state index contributed by atoms with van der Waals surface area (Å²) >= 11 is 1.27. The predicted octanol–water partition coefficient (Wildman–Crippen LogP) is 3.31. The maximum Gasteiger partial charge on any atom is 0.267 e. The molecule has 2 aromatic heterocycles. The van der Waals surface area contributed by atoms with E-state index >= 15 is 0 Å².